The number of aryl methyl sites for hydroxylation is 2. The van der Waals surface area contributed by atoms with Gasteiger partial charge in [0.05, 0.1) is 5.56 Å². The minimum absolute atomic E-state index is 0.338. The highest BCUT2D eigenvalue weighted by atomic mass is 16.4. The topological polar surface area (TPSA) is 42.2 Å². The first kappa shape index (κ1) is 10.5. The van der Waals surface area contributed by atoms with Crippen LogP contribution < -0.4 is 0 Å². The van der Waals surface area contributed by atoms with Crippen LogP contribution in [0.3, 0.4) is 0 Å². The molecule has 0 aliphatic heterocycles. The summed E-state index contributed by atoms with van der Waals surface area (Å²) < 4.78 is 2.10. The maximum Gasteiger partial charge on any atom is 0.335 e. The van der Waals surface area contributed by atoms with Crippen LogP contribution in [0.25, 0.3) is 0 Å². The van der Waals surface area contributed by atoms with Crippen molar-refractivity contribution in [1.29, 1.82) is 0 Å². The monoisotopic (exact) mass is 215 g/mol. The molecule has 3 nitrogen and oxygen atoms in total. The van der Waals surface area contributed by atoms with E-state index in [2.05, 4.69) is 4.57 Å². The predicted octanol–water partition coefficient (Wildman–Crippen LogP) is 2.43. The van der Waals surface area contributed by atoms with Crippen LogP contribution in [-0.4, -0.2) is 15.6 Å². The van der Waals surface area contributed by atoms with E-state index in [1.165, 1.54) is 0 Å². The summed E-state index contributed by atoms with van der Waals surface area (Å²) in [6.45, 7) is 0.916. The second kappa shape index (κ2) is 4.66. The van der Waals surface area contributed by atoms with Gasteiger partial charge in [-0.15, -0.1) is 0 Å². The Hall–Kier alpha value is -2.03. The van der Waals surface area contributed by atoms with Gasteiger partial charge in [0, 0.05) is 18.9 Å². The first-order chi connectivity index (χ1) is 7.75. The molecule has 0 bridgehead atoms. The van der Waals surface area contributed by atoms with E-state index in [0.717, 1.165) is 18.5 Å². The molecular formula is C13H13NO2. The molecule has 0 aliphatic carbocycles. The Morgan fingerprint density at radius 1 is 1.12 bits per heavy atom. The lowest BCUT2D eigenvalue weighted by Crippen LogP contribution is -2.00. The zero-order chi connectivity index (χ0) is 11.4. The molecule has 0 saturated heterocycles. The number of rotatable bonds is 4. The maximum atomic E-state index is 10.7. The van der Waals surface area contributed by atoms with E-state index in [-0.39, 0.29) is 0 Å². The Morgan fingerprint density at radius 2 is 1.75 bits per heavy atom. The fraction of sp³-hybridized carbons (Fsp3) is 0.154. The Labute approximate surface area is 94.0 Å². The molecule has 2 aromatic rings. The van der Waals surface area contributed by atoms with Crippen LogP contribution in [0.5, 0.6) is 0 Å². The third kappa shape index (κ3) is 2.51. The number of aromatic nitrogens is 1. The van der Waals surface area contributed by atoms with Crippen LogP contribution in [0, 0.1) is 0 Å². The molecule has 3 heteroatoms. The highest BCUT2D eigenvalue weighted by Crippen LogP contribution is 2.06. The van der Waals surface area contributed by atoms with Crippen molar-refractivity contribution in [3.8, 4) is 0 Å². The molecule has 1 aromatic carbocycles. The number of hydrogen-bond donors (Lipinski definition) is 1. The van der Waals surface area contributed by atoms with Crippen molar-refractivity contribution in [1.82, 2.24) is 4.57 Å². The molecule has 0 unspecified atom stereocenters. The van der Waals surface area contributed by atoms with Crippen molar-refractivity contribution in [2.24, 2.45) is 0 Å². The SMILES string of the molecule is O=C(O)c1ccc(CCn2cccc2)cc1. The average Bonchev–Trinajstić information content (AvgIpc) is 2.80. The fourth-order valence-corrected chi connectivity index (χ4v) is 1.59. The van der Waals surface area contributed by atoms with Crippen molar-refractivity contribution < 1.29 is 9.90 Å². The number of carbonyl (C=O) groups is 1. The molecule has 0 aliphatic rings. The largest absolute Gasteiger partial charge is 0.478 e. The van der Waals surface area contributed by atoms with Crippen LogP contribution in [0.2, 0.25) is 0 Å². The minimum Gasteiger partial charge on any atom is -0.478 e. The molecule has 1 aromatic heterocycles. The number of benzene rings is 1. The molecule has 2 rings (SSSR count). The molecule has 1 N–H and O–H groups in total. The van der Waals surface area contributed by atoms with Crippen molar-refractivity contribution in [3.05, 3.63) is 59.9 Å². The maximum absolute atomic E-state index is 10.7. The van der Waals surface area contributed by atoms with Gasteiger partial charge in [-0.25, -0.2) is 4.79 Å². The first-order valence-corrected chi connectivity index (χ1v) is 5.19. The number of aromatic carboxylic acids is 1. The fourth-order valence-electron chi connectivity index (χ4n) is 1.59. The molecule has 0 spiro atoms. The molecule has 0 saturated carbocycles. The lowest BCUT2D eigenvalue weighted by molar-refractivity contribution is 0.0697. The van der Waals surface area contributed by atoms with E-state index in [1.54, 1.807) is 12.1 Å². The zero-order valence-electron chi connectivity index (χ0n) is 8.84. The highest BCUT2D eigenvalue weighted by Gasteiger charge is 2.01. The molecule has 16 heavy (non-hydrogen) atoms. The van der Waals surface area contributed by atoms with E-state index in [1.807, 2.05) is 36.7 Å². The zero-order valence-corrected chi connectivity index (χ0v) is 8.84. The van der Waals surface area contributed by atoms with Crippen molar-refractivity contribution >= 4 is 5.97 Å². The van der Waals surface area contributed by atoms with E-state index in [4.69, 9.17) is 5.11 Å². The summed E-state index contributed by atoms with van der Waals surface area (Å²) in [5, 5.41) is 8.75. The lowest BCUT2D eigenvalue weighted by Gasteiger charge is -2.03. The Balaban J connectivity index is 1.98. The summed E-state index contributed by atoms with van der Waals surface area (Å²) in [7, 11) is 0. The standard InChI is InChI=1S/C13H13NO2/c15-13(16)12-5-3-11(4-6-12)7-10-14-8-1-2-9-14/h1-6,8-9H,7,10H2,(H,15,16). The van der Waals surface area contributed by atoms with E-state index in [0.29, 0.717) is 5.56 Å². The van der Waals surface area contributed by atoms with Gasteiger partial charge in [-0.1, -0.05) is 12.1 Å². The number of nitrogens with zero attached hydrogens (tertiary/aromatic N) is 1. The lowest BCUT2D eigenvalue weighted by atomic mass is 10.1. The van der Waals surface area contributed by atoms with Crippen LogP contribution in [0.4, 0.5) is 0 Å². The third-order valence-electron chi connectivity index (χ3n) is 2.53. The highest BCUT2D eigenvalue weighted by molar-refractivity contribution is 5.87. The summed E-state index contributed by atoms with van der Waals surface area (Å²) in [4.78, 5) is 10.7. The van der Waals surface area contributed by atoms with Crippen molar-refractivity contribution in [3.63, 3.8) is 0 Å². The second-order valence-electron chi connectivity index (χ2n) is 3.67. The average molecular weight is 215 g/mol. The van der Waals surface area contributed by atoms with Gasteiger partial charge in [-0.3, -0.25) is 0 Å². The molecule has 0 amide bonds. The van der Waals surface area contributed by atoms with Gasteiger partial charge in [-0.2, -0.15) is 0 Å². The van der Waals surface area contributed by atoms with Gasteiger partial charge in [-0.05, 0) is 36.2 Å². The van der Waals surface area contributed by atoms with Crippen LogP contribution in [-0.2, 0) is 13.0 Å². The van der Waals surface area contributed by atoms with Gasteiger partial charge >= 0.3 is 5.97 Å². The van der Waals surface area contributed by atoms with E-state index >= 15 is 0 Å². The number of hydrogen-bond acceptors (Lipinski definition) is 1. The Bertz CT molecular complexity index is 457. The van der Waals surface area contributed by atoms with Gasteiger partial charge in [0.25, 0.3) is 0 Å². The summed E-state index contributed by atoms with van der Waals surface area (Å²) in [6.07, 6.45) is 4.95. The molecule has 82 valence electrons. The Kier molecular flexibility index (Phi) is 3.05. The first-order valence-electron chi connectivity index (χ1n) is 5.19. The summed E-state index contributed by atoms with van der Waals surface area (Å²) in [6, 6.07) is 11.0. The molecular weight excluding hydrogens is 202 g/mol. The summed E-state index contributed by atoms with van der Waals surface area (Å²) >= 11 is 0. The predicted molar refractivity (Wildman–Crippen MR) is 61.5 cm³/mol. The van der Waals surface area contributed by atoms with Crippen LogP contribution >= 0.6 is 0 Å². The quantitative estimate of drug-likeness (QED) is 0.851. The molecule has 0 fully saturated rings. The van der Waals surface area contributed by atoms with Crippen molar-refractivity contribution in [2.45, 2.75) is 13.0 Å². The van der Waals surface area contributed by atoms with Crippen LogP contribution in [0.1, 0.15) is 15.9 Å². The normalized spacial score (nSPS) is 10.2. The van der Waals surface area contributed by atoms with Crippen LogP contribution in [0.15, 0.2) is 48.8 Å². The summed E-state index contributed by atoms with van der Waals surface area (Å²) in [5.74, 6) is -0.878. The summed E-state index contributed by atoms with van der Waals surface area (Å²) in [5.41, 5.74) is 1.49. The molecule has 0 radical (unpaired) electrons. The van der Waals surface area contributed by atoms with Gasteiger partial charge < -0.3 is 9.67 Å². The van der Waals surface area contributed by atoms with Crippen molar-refractivity contribution in [2.75, 3.05) is 0 Å². The van der Waals surface area contributed by atoms with Gasteiger partial charge in [0.2, 0.25) is 0 Å². The van der Waals surface area contributed by atoms with Gasteiger partial charge in [0.1, 0.15) is 0 Å². The Morgan fingerprint density at radius 3 is 2.31 bits per heavy atom. The molecule has 0 atom stereocenters. The number of carboxylic acids is 1. The smallest absolute Gasteiger partial charge is 0.335 e. The van der Waals surface area contributed by atoms with E-state index in [9.17, 15) is 4.79 Å². The second-order valence-corrected chi connectivity index (χ2v) is 3.67. The van der Waals surface area contributed by atoms with Gasteiger partial charge in [0.15, 0.2) is 0 Å². The molecule has 1 heterocycles. The third-order valence-corrected chi connectivity index (χ3v) is 2.53. The minimum atomic E-state index is -0.878. The van der Waals surface area contributed by atoms with E-state index < -0.39 is 5.97 Å². The number of carboxylic acid groups (broad SMARTS) is 1.